The predicted molar refractivity (Wildman–Crippen MR) is 299 cm³/mol. The number of Topliss-reactive ketones (excluding diaryl/α,β-unsaturated/α-hetero) is 1. The monoisotopic (exact) mass is 976 g/mol. The average molecular weight is 977 g/mol. The second-order valence-electron chi connectivity index (χ2n) is 30.8. The summed E-state index contributed by atoms with van der Waals surface area (Å²) in [5.74, 6) is 0.512. The molecule has 0 radical (unpaired) electrons. The predicted octanol–water partition coefficient (Wildman–Crippen LogP) is 13.8. The minimum Gasteiger partial charge on any atom is -0.375 e. The van der Waals surface area contributed by atoms with Gasteiger partial charge in [0, 0.05) is 58.9 Å². The highest BCUT2D eigenvalue weighted by Gasteiger charge is 2.28. The number of nitrogens with one attached hydrogen (secondary N) is 4. The summed E-state index contributed by atoms with van der Waals surface area (Å²) in [6.07, 6.45) is 4.72. The lowest BCUT2D eigenvalue weighted by Gasteiger charge is -2.28. The van der Waals surface area contributed by atoms with E-state index < -0.39 is 10.9 Å². The van der Waals surface area contributed by atoms with E-state index in [1.165, 1.54) is 13.3 Å². The maximum Gasteiger partial charge on any atom is 0.253 e. The first kappa shape index (κ1) is 72.0. The number of hydrogen-bond donors (Lipinski definition) is 4. The molecule has 1 aromatic carbocycles. The average Bonchev–Trinajstić information content (AvgIpc) is 3.50. The Labute approximate surface area is 425 Å². The van der Waals surface area contributed by atoms with Gasteiger partial charge in [0.1, 0.15) is 17.2 Å². The van der Waals surface area contributed by atoms with Crippen molar-refractivity contribution < 1.29 is 14.4 Å². The Morgan fingerprint density at radius 3 is 0.928 bits per heavy atom. The number of hydrogen-bond acceptors (Lipinski definition) is 9. The standard InChI is InChI=1S/C12H20N2O2.C11H22O.C10H19N3.C9H19NO.C9H20.C6H13NO/c1-11(2,3)13-7-8(10(16)9(7)15)14-12(4,5)6;1-10(2,3)7-9(12)8-11(4,5)6;1-9(2,3)8-7-13(12-11-8)10(4,5)6;1-8(2,3)7(11)10-9(4,5)6;1-8(2,3)7-9(4,5)6;1-5(8)7-6(2,3)4/h13-14H,1-6H3;7-8H2,1-6H3;7H,1-6H3;1-6H3,(H,10,11);7H2,1-6H3;1-4H3,(H,7,8). The lowest BCUT2D eigenvalue weighted by atomic mass is 9.78. The van der Waals surface area contributed by atoms with Gasteiger partial charge in [-0.1, -0.05) is 130 Å². The van der Waals surface area contributed by atoms with Gasteiger partial charge < -0.3 is 21.3 Å². The van der Waals surface area contributed by atoms with Crippen LogP contribution < -0.4 is 32.1 Å². The summed E-state index contributed by atoms with van der Waals surface area (Å²) in [5.41, 5.74) is 1.43. The van der Waals surface area contributed by atoms with Gasteiger partial charge >= 0.3 is 0 Å². The molecule has 12 heteroatoms. The number of amides is 2. The Balaban J connectivity index is -0.000000373. The molecule has 0 fully saturated rings. The highest BCUT2D eigenvalue weighted by molar-refractivity contribution is 5.82. The van der Waals surface area contributed by atoms with Gasteiger partial charge in [-0.3, -0.25) is 24.0 Å². The van der Waals surface area contributed by atoms with E-state index in [9.17, 15) is 24.0 Å². The van der Waals surface area contributed by atoms with E-state index in [2.05, 4.69) is 156 Å². The van der Waals surface area contributed by atoms with Crippen LogP contribution in [0.1, 0.15) is 260 Å². The van der Waals surface area contributed by atoms with Crippen molar-refractivity contribution in [2.45, 2.75) is 288 Å². The van der Waals surface area contributed by atoms with Gasteiger partial charge in [0.25, 0.3) is 10.9 Å². The van der Waals surface area contributed by atoms with E-state index in [0.29, 0.717) is 40.8 Å². The molecule has 2 amide bonds. The third kappa shape index (κ3) is 44.1. The van der Waals surface area contributed by atoms with Crippen LogP contribution >= 0.6 is 0 Å². The zero-order valence-corrected chi connectivity index (χ0v) is 51.6. The van der Waals surface area contributed by atoms with Crippen LogP contribution in [-0.4, -0.2) is 54.7 Å². The number of anilines is 2. The van der Waals surface area contributed by atoms with E-state index in [1.807, 2.05) is 115 Å². The van der Waals surface area contributed by atoms with Gasteiger partial charge in [-0.15, -0.1) is 5.10 Å². The normalized spacial score (nSPS) is 13.0. The molecule has 2 rings (SSSR count). The molecule has 1 aromatic heterocycles. The van der Waals surface area contributed by atoms with Crippen LogP contribution in [0, 0.1) is 27.1 Å². The summed E-state index contributed by atoms with van der Waals surface area (Å²) in [6, 6.07) is 0. The summed E-state index contributed by atoms with van der Waals surface area (Å²) in [4.78, 5) is 56.0. The molecule has 0 spiro atoms. The highest BCUT2D eigenvalue weighted by Crippen LogP contribution is 2.32. The largest absolute Gasteiger partial charge is 0.375 e. The number of ketones is 1. The fraction of sp³-hybridized carbons (Fsp3) is 0.842. The van der Waals surface area contributed by atoms with E-state index in [4.69, 9.17) is 0 Å². The van der Waals surface area contributed by atoms with Gasteiger partial charge in [-0.05, 0) is 132 Å². The molecule has 4 N–H and O–H groups in total. The Kier molecular flexibility index (Phi) is 27.4. The van der Waals surface area contributed by atoms with Crippen LogP contribution in [0.15, 0.2) is 15.8 Å². The SMILES string of the molecule is CC(=O)NC(C)(C)C.CC(C)(C)CC(=O)CC(C)(C)C.CC(C)(C)CC(C)(C)C.CC(C)(C)NC(=O)C(C)(C)C.CC(C)(C)Nc1c(NC(C)(C)C)c(=O)c1=O.CC(C)(C)c1cn(C(C)(C)C)nn1. The summed E-state index contributed by atoms with van der Waals surface area (Å²) in [5, 5.41) is 20.1. The minimum atomic E-state index is -0.429. The molecule has 406 valence electrons. The summed E-state index contributed by atoms with van der Waals surface area (Å²) in [7, 11) is 0. The highest BCUT2D eigenvalue weighted by atomic mass is 16.2. The molecule has 0 unspecified atom stereocenters. The summed E-state index contributed by atoms with van der Waals surface area (Å²) >= 11 is 0. The van der Waals surface area contributed by atoms with Gasteiger partial charge in [0.2, 0.25) is 11.8 Å². The number of carbonyl (C=O) groups is 3. The van der Waals surface area contributed by atoms with E-state index in [-0.39, 0.29) is 61.2 Å². The van der Waals surface area contributed by atoms with Gasteiger partial charge in [0.15, 0.2) is 0 Å². The van der Waals surface area contributed by atoms with Crippen LogP contribution in [0.3, 0.4) is 0 Å². The molecular formula is C57H113N7O5. The zero-order valence-electron chi connectivity index (χ0n) is 51.6. The van der Waals surface area contributed by atoms with E-state index in [1.54, 1.807) is 0 Å². The molecule has 0 aliphatic rings. The maximum atomic E-state index is 11.5. The molecule has 0 aliphatic heterocycles. The van der Waals surface area contributed by atoms with Crippen molar-refractivity contribution in [1.82, 2.24) is 25.6 Å². The molecule has 12 nitrogen and oxygen atoms in total. The minimum absolute atomic E-state index is 0.0243. The lowest BCUT2D eigenvalue weighted by Crippen LogP contribution is -2.46. The molecule has 1 heterocycles. The Hall–Kier alpha value is -3.57. The molecule has 0 saturated carbocycles. The van der Waals surface area contributed by atoms with Crippen molar-refractivity contribution >= 4 is 29.0 Å². The van der Waals surface area contributed by atoms with Crippen molar-refractivity contribution in [3.63, 3.8) is 0 Å². The second-order valence-corrected chi connectivity index (χ2v) is 30.8. The smallest absolute Gasteiger partial charge is 0.253 e. The molecule has 0 atom stereocenters. The third-order valence-electron chi connectivity index (χ3n) is 8.10. The first-order valence-electron chi connectivity index (χ1n) is 25.0. The summed E-state index contributed by atoms with van der Waals surface area (Å²) in [6.45, 7) is 69.9. The quantitative estimate of drug-likeness (QED) is 0.218. The van der Waals surface area contributed by atoms with Crippen molar-refractivity contribution in [2.75, 3.05) is 10.6 Å². The van der Waals surface area contributed by atoms with Crippen molar-refractivity contribution in [2.24, 2.45) is 27.1 Å². The van der Waals surface area contributed by atoms with Gasteiger partial charge in [-0.2, -0.15) is 0 Å². The number of rotatable bonds is 4. The fourth-order valence-electron chi connectivity index (χ4n) is 6.21. The molecule has 0 aliphatic carbocycles. The Morgan fingerprint density at radius 1 is 0.478 bits per heavy atom. The number of aromatic nitrogens is 3. The topological polar surface area (TPSA) is 164 Å². The lowest BCUT2D eigenvalue weighted by molar-refractivity contribution is -0.130. The molecule has 69 heavy (non-hydrogen) atoms. The number of nitrogens with zero attached hydrogens (tertiary/aromatic N) is 3. The van der Waals surface area contributed by atoms with Crippen LogP contribution in [0.4, 0.5) is 11.4 Å². The molecule has 2 aromatic rings. The summed E-state index contributed by atoms with van der Waals surface area (Å²) < 4.78 is 1.91. The van der Waals surface area contributed by atoms with E-state index in [0.717, 1.165) is 5.69 Å². The van der Waals surface area contributed by atoms with E-state index >= 15 is 0 Å². The van der Waals surface area contributed by atoms with Crippen molar-refractivity contribution in [3.8, 4) is 0 Å². The Morgan fingerprint density at radius 2 is 0.797 bits per heavy atom. The fourth-order valence-corrected chi connectivity index (χ4v) is 6.21. The van der Waals surface area contributed by atoms with Crippen molar-refractivity contribution in [1.29, 1.82) is 0 Å². The molecule has 0 saturated heterocycles. The molecule has 0 bridgehead atoms. The van der Waals surface area contributed by atoms with Crippen molar-refractivity contribution in [3.05, 3.63) is 32.3 Å². The zero-order chi connectivity index (χ0) is 56.8. The van der Waals surface area contributed by atoms with Crippen LogP contribution in [-0.2, 0) is 25.3 Å². The Bertz CT molecular complexity index is 1800. The maximum absolute atomic E-state index is 11.5. The van der Waals surface area contributed by atoms with Gasteiger partial charge in [-0.25, -0.2) is 4.68 Å². The third-order valence-corrected chi connectivity index (χ3v) is 8.10. The van der Waals surface area contributed by atoms with Crippen LogP contribution in [0.2, 0.25) is 0 Å². The van der Waals surface area contributed by atoms with Gasteiger partial charge in [0.05, 0.1) is 11.2 Å². The van der Waals surface area contributed by atoms with Crippen LogP contribution in [0.5, 0.6) is 0 Å². The first-order valence-corrected chi connectivity index (χ1v) is 25.0. The first-order chi connectivity index (χ1) is 29.6. The van der Waals surface area contributed by atoms with Crippen LogP contribution in [0.25, 0.3) is 0 Å². The number of carbonyl (C=O) groups excluding carboxylic acids is 3. The second kappa shape index (κ2) is 26.2. The molecular weight excluding hydrogens is 863 g/mol.